The molecule has 2 aliphatic rings. The number of rotatable bonds is 7. The average Bonchev–Trinajstić information content (AvgIpc) is 3.36. The van der Waals surface area contributed by atoms with Crippen molar-refractivity contribution in [2.45, 2.75) is 45.3 Å². The van der Waals surface area contributed by atoms with E-state index >= 15 is 0 Å². The number of nitrogens with zero attached hydrogens (tertiary/aromatic N) is 2. The van der Waals surface area contributed by atoms with Gasteiger partial charge in [0.25, 0.3) is 0 Å². The fourth-order valence-electron chi connectivity index (χ4n) is 3.45. The van der Waals surface area contributed by atoms with Gasteiger partial charge in [-0.2, -0.15) is 0 Å². The highest BCUT2D eigenvalue weighted by Gasteiger charge is 2.34. The lowest BCUT2D eigenvalue weighted by Crippen LogP contribution is -2.43. The molecular weight excluding hydrogens is 439 g/mol. The second kappa shape index (κ2) is 10.3. The lowest BCUT2D eigenvalue weighted by Gasteiger charge is -2.20. The van der Waals surface area contributed by atoms with E-state index in [1.54, 1.807) is 0 Å². The molecule has 2 N–H and O–H groups in total. The summed E-state index contributed by atoms with van der Waals surface area (Å²) in [7, 11) is 1.83. The van der Waals surface area contributed by atoms with Gasteiger partial charge < -0.3 is 20.3 Å². The van der Waals surface area contributed by atoms with Gasteiger partial charge in [-0.25, -0.2) is 0 Å². The number of para-hydroxylation sites is 1. The lowest BCUT2D eigenvalue weighted by molar-refractivity contribution is 0.222. The minimum Gasteiger partial charge on any atom is -0.489 e. The highest BCUT2D eigenvalue weighted by Crippen LogP contribution is 2.31. The van der Waals surface area contributed by atoms with Crippen molar-refractivity contribution in [2.24, 2.45) is 10.9 Å². The van der Waals surface area contributed by atoms with Gasteiger partial charge in [-0.3, -0.25) is 4.99 Å². The first-order valence-corrected chi connectivity index (χ1v) is 9.56. The van der Waals surface area contributed by atoms with Crippen molar-refractivity contribution in [2.75, 3.05) is 33.2 Å². The molecule has 1 aliphatic heterocycles. The second-order valence-corrected chi connectivity index (χ2v) is 7.41. The van der Waals surface area contributed by atoms with Crippen molar-refractivity contribution in [3.63, 3.8) is 0 Å². The normalized spacial score (nSPS) is 21.8. The highest BCUT2D eigenvalue weighted by atomic mass is 127. The van der Waals surface area contributed by atoms with Crippen LogP contribution in [0.3, 0.4) is 0 Å². The molecule has 0 aromatic heterocycles. The van der Waals surface area contributed by atoms with Gasteiger partial charge in [-0.15, -0.1) is 24.0 Å². The molecule has 146 valence electrons. The van der Waals surface area contributed by atoms with E-state index in [9.17, 15) is 0 Å². The van der Waals surface area contributed by atoms with Crippen molar-refractivity contribution in [3.05, 3.63) is 29.8 Å². The molecule has 1 aromatic rings. The first kappa shape index (κ1) is 21.3. The highest BCUT2D eigenvalue weighted by molar-refractivity contribution is 14.0. The van der Waals surface area contributed by atoms with Crippen LogP contribution in [0.5, 0.6) is 5.75 Å². The third kappa shape index (κ3) is 6.30. The molecule has 1 heterocycles. The number of likely N-dealkylation sites (tertiary alicyclic amines) is 1. The Morgan fingerprint density at radius 3 is 2.73 bits per heavy atom. The van der Waals surface area contributed by atoms with Gasteiger partial charge in [0.15, 0.2) is 5.96 Å². The van der Waals surface area contributed by atoms with Crippen molar-refractivity contribution < 1.29 is 4.74 Å². The maximum absolute atomic E-state index is 6.01. The van der Waals surface area contributed by atoms with E-state index in [2.05, 4.69) is 40.4 Å². The number of benzene rings is 1. The predicted octanol–water partition coefficient (Wildman–Crippen LogP) is 3.03. The van der Waals surface area contributed by atoms with Crippen LogP contribution in [0.4, 0.5) is 0 Å². The molecule has 0 bridgehead atoms. The Morgan fingerprint density at radius 2 is 2.04 bits per heavy atom. The number of hydrogen-bond acceptors (Lipinski definition) is 3. The van der Waals surface area contributed by atoms with E-state index < -0.39 is 0 Å². The van der Waals surface area contributed by atoms with Gasteiger partial charge in [-0.05, 0) is 57.2 Å². The van der Waals surface area contributed by atoms with Gasteiger partial charge >= 0.3 is 0 Å². The van der Waals surface area contributed by atoms with E-state index in [4.69, 9.17) is 4.74 Å². The summed E-state index contributed by atoms with van der Waals surface area (Å²) in [6, 6.07) is 9.02. The van der Waals surface area contributed by atoms with Crippen molar-refractivity contribution in [1.29, 1.82) is 0 Å². The molecule has 1 saturated carbocycles. The van der Waals surface area contributed by atoms with Crippen LogP contribution in [0.25, 0.3) is 0 Å². The number of aryl methyl sites for hydroxylation is 1. The monoisotopic (exact) mass is 472 g/mol. The fraction of sp³-hybridized carbons (Fsp3) is 0.650. The molecule has 5 nitrogen and oxygen atoms in total. The van der Waals surface area contributed by atoms with Gasteiger partial charge in [-0.1, -0.05) is 18.2 Å². The first-order chi connectivity index (χ1) is 12.2. The Hall–Kier alpha value is -1.02. The van der Waals surface area contributed by atoms with Crippen LogP contribution in [0.1, 0.15) is 31.7 Å². The number of ether oxygens (including phenoxy) is 1. The summed E-state index contributed by atoms with van der Waals surface area (Å²) in [5, 5.41) is 6.86. The average molecular weight is 472 g/mol. The van der Waals surface area contributed by atoms with Crippen molar-refractivity contribution in [1.82, 2.24) is 15.5 Å². The van der Waals surface area contributed by atoms with Crippen LogP contribution in [-0.4, -0.2) is 56.2 Å². The smallest absolute Gasteiger partial charge is 0.191 e. The topological polar surface area (TPSA) is 48.9 Å². The SMILES string of the molecule is CN=C(NCC1CCN(C2CC2)C1)NCC(C)Oc1ccccc1C.I. The summed E-state index contributed by atoms with van der Waals surface area (Å²) >= 11 is 0. The maximum atomic E-state index is 6.01. The molecule has 3 rings (SSSR count). The Morgan fingerprint density at radius 1 is 1.27 bits per heavy atom. The summed E-state index contributed by atoms with van der Waals surface area (Å²) < 4.78 is 6.01. The summed E-state index contributed by atoms with van der Waals surface area (Å²) in [5.41, 5.74) is 1.17. The molecule has 1 aliphatic carbocycles. The quantitative estimate of drug-likeness (QED) is 0.364. The summed E-state index contributed by atoms with van der Waals surface area (Å²) in [5.74, 6) is 2.55. The Balaban J connectivity index is 0.00000243. The summed E-state index contributed by atoms with van der Waals surface area (Å²) in [4.78, 5) is 6.99. The Bertz CT molecular complexity index is 591. The number of guanidine groups is 1. The van der Waals surface area contributed by atoms with Gasteiger partial charge in [0.05, 0.1) is 6.54 Å². The number of halogens is 1. The molecule has 0 radical (unpaired) electrons. The van der Waals surface area contributed by atoms with Gasteiger partial charge in [0.1, 0.15) is 11.9 Å². The van der Waals surface area contributed by atoms with E-state index in [1.807, 2.05) is 25.2 Å². The fourth-order valence-corrected chi connectivity index (χ4v) is 3.45. The maximum Gasteiger partial charge on any atom is 0.191 e. The molecule has 2 unspecified atom stereocenters. The van der Waals surface area contributed by atoms with Crippen molar-refractivity contribution in [3.8, 4) is 5.75 Å². The van der Waals surface area contributed by atoms with Gasteiger partial charge in [0, 0.05) is 26.2 Å². The number of nitrogens with one attached hydrogen (secondary N) is 2. The second-order valence-electron chi connectivity index (χ2n) is 7.41. The third-order valence-electron chi connectivity index (χ3n) is 5.14. The van der Waals surface area contributed by atoms with Crippen LogP contribution in [0.2, 0.25) is 0 Å². The summed E-state index contributed by atoms with van der Waals surface area (Å²) in [6.07, 6.45) is 4.19. The minimum absolute atomic E-state index is 0. The molecule has 0 amide bonds. The first-order valence-electron chi connectivity index (χ1n) is 9.56. The molecule has 2 atom stereocenters. The zero-order valence-corrected chi connectivity index (χ0v) is 18.5. The molecule has 6 heteroatoms. The van der Waals surface area contributed by atoms with Crippen LogP contribution < -0.4 is 15.4 Å². The molecule has 26 heavy (non-hydrogen) atoms. The van der Waals surface area contributed by atoms with E-state index in [0.717, 1.165) is 36.8 Å². The van der Waals surface area contributed by atoms with Crippen LogP contribution in [0.15, 0.2) is 29.3 Å². The lowest BCUT2D eigenvalue weighted by atomic mass is 10.1. The van der Waals surface area contributed by atoms with Gasteiger partial charge in [0.2, 0.25) is 0 Å². The Labute approximate surface area is 175 Å². The van der Waals surface area contributed by atoms with Crippen LogP contribution in [0, 0.1) is 12.8 Å². The zero-order valence-electron chi connectivity index (χ0n) is 16.2. The molecule has 1 saturated heterocycles. The number of aliphatic imine (C=N–C) groups is 1. The van der Waals surface area contributed by atoms with E-state index in [0.29, 0.717) is 0 Å². The molecule has 1 aromatic carbocycles. The van der Waals surface area contributed by atoms with Crippen LogP contribution >= 0.6 is 24.0 Å². The Kier molecular flexibility index (Phi) is 8.47. The predicted molar refractivity (Wildman–Crippen MR) is 119 cm³/mol. The minimum atomic E-state index is 0. The largest absolute Gasteiger partial charge is 0.489 e. The number of hydrogen-bond donors (Lipinski definition) is 2. The molecular formula is C20H33IN4O. The third-order valence-corrected chi connectivity index (χ3v) is 5.14. The molecule has 2 fully saturated rings. The summed E-state index contributed by atoms with van der Waals surface area (Å²) in [6.45, 7) is 8.38. The van der Waals surface area contributed by atoms with E-state index in [-0.39, 0.29) is 30.1 Å². The standard InChI is InChI=1S/C20H32N4O.HI/c1-15-6-4-5-7-19(15)25-16(2)12-22-20(21-3)23-13-17-10-11-24(14-17)18-8-9-18;/h4-7,16-18H,8-14H2,1-3H3,(H2,21,22,23);1H. The van der Waals surface area contributed by atoms with Crippen molar-refractivity contribution >= 4 is 29.9 Å². The van der Waals surface area contributed by atoms with Crippen LogP contribution in [-0.2, 0) is 0 Å². The zero-order chi connectivity index (χ0) is 17.6. The van der Waals surface area contributed by atoms with E-state index in [1.165, 1.54) is 37.9 Å². The molecule has 0 spiro atoms.